The Morgan fingerprint density at radius 2 is 1.93 bits per heavy atom. The van der Waals surface area contributed by atoms with Crippen LogP contribution in [-0.2, 0) is 0 Å². The molecule has 2 nitrogen and oxygen atoms in total. The maximum Gasteiger partial charge on any atom is 0.126 e. The van der Waals surface area contributed by atoms with E-state index in [9.17, 15) is 0 Å². The molecule has 72 valence electrons. The fourth-order valence-electron chi connectivity index (χ4n) is 1.44. The fourth-order valence-corrected chi connectivity index (χ4v) is 1.70. The molecule has 0 spiro atoms. The molecule has 0 aliphatic rings. The van der Waals surface area contributed by atoms with Gasteiger partial charge < -0.3 is 9.72 Å². The number of aromatic amines is 1. The number of para-hydroxylation sites is 1. The van der Waals surface area contributed by atoms with E-state index in [4.69, 9.17) is 4.74 Å². The first-order valence-corrected chi connectivity index (χ1v) is 4.77. The third kappa shape index (κ3) is 1.51. The van der Waals surface area contributed by atoms with Gasteiger partial charge in [-0.25, -0.2) is 0 Å². The van der Waals surface area contributed by atoms with Crippen LogP contribution >= 0.6 is 12.6 Å². The molecule has 0 radical (unpaired) electrons. The van der Waals surface area contributed by atoms with Crippen molar-refractivity contribution in [3.8, 4) is 16.9 Å². The highest BCUT2D eigenvalue weighted by atomic mass is 32.1. The van der Waals surface area contributed by atoms with Crippen molar-refractivity contribution in [3.05, 3.63) is 36.7 Å². The summed E-state index contributed by atoms with van der Waals surface area (Å²) in [5.41, 5.74) is 2.12. The molecule has 0 saturated heterocycles. The molecule has 0 atom stereocenters. The number of methoxy groups -OCH3 is 1. The lowest BCUT2D eigenvalue weighted by Crippen LogP contribution is -1.86. The van der Waals surface area contributed by atoms with Crippen LogP contribution in [0.15, 0.2) is 41.6 Å². The highest BCUT2D eigenvalue weighted by Crippen LogP contribution is 2.33. The molecule has 0 bridgehead atoms. The summed E-state index contributed by atoms with van der Waals surface area (Å²) in [6, 6.07) is 7.89. The van der Waals surface area contributed by atoms with Crippen molar-refractivity contribution in [2.75, 3.05) is 7.11 Å². The van der Waals surface area contributed by atoms with Gasteiger partial charge in [-0.1, -0.05) is 18.2 Å². The summed E-state index contributed by atoms with van der Waals surface area (Å²) >= 11 is 4.36. The number of aromatic nitrogens is 1. The van der Waals surface area contributed by atoms with E-state index in [-0.39, 0.29) is 0 Å². The Labute approximate surface area is 88.3 Å². The molecule has 1 aromatic heterocycles. The van der Waals surface area contributed by atoms with Gasteiger partial charge in [0.25, 0.3) is 0 Å². The average Bonchev–Trinajstić information content (AvgIpc) is 2.64. The number of hydrogen-bond acceptors (Lipinski definition) is 2. The molecule has 0 aliphatic carbocycles. The van der Waals surface area contributed by atoms with Crippen LogP contribution in [0, 0.1) is 0 Å². The van der Waals surface area contributed by atoms with Gasteiger partial charge in [-0.2, -0.15) is 0 Å². The maximum absolute atomic E-state index is 5.28. The van der Waals surface area contributed by atoms with Gasteiger partial charge in [0.05, 0.1) is 7.11 Å². The Morgan fingerprint density at radius 1 is 1.14 bits per heavy atom. The van der Waals surface area contributed by atoms with Crippen molar-refractivity contribution in [1.82, 2.24) is 4.98 Å². The van der Waals surface area contributed by atoms with Gasteiger partial charge in [-0.05, 0) is 6.07 Å². The number of ether oxygens (including phenoxy) is 1. The highest BCUT2D eigenvalue weighted by molar-refractivity contribution is 7.80. The topological polar surface area (TPSA) is 25.0 Å². The molecule has 2 aromatic rings. The van der Waals surface area contributed by atoms with E-state index in [0.29, 0.717) is 0 Å². The molecule has 1 aromatic carbocycles. The summed E-state index contributed by atoms with van der Waals surface area (Å²) in [6.45, 7) is 0. The largest absolute Gasteiger partial charge is 0.496 e. The molecule has 2 rings (SSSR count). The van der Waals surface area contributed by atoms with Gasteiger partial charge in [0, 0.05) is 28.4 Å². The van der Waals surface area contributed by atoms with Gasteiger partial charge in [0.2, 0.25) is 0 Å². The van der Waals surface area contributed by atoms with Gasteiger partial charge in [0.15, 0.2) is 0 Å². The molecular weight excluding hydrogens is 194 g/mol. The van der Waals surface area contributed by atoms with Crippen LogP contribution < -0.4 is 4.74 Å². The minimum absolute atomic E-state index is 0.863. The van der Waals surface area contributed by atoms with E-state index in [2.05, 4.69) is 17.6 Å². The van der Waals surface area contributed by atoms with Crippen molar-refractivity contribution in [3.63, 3.8) is 0 Å². The molecule has 1 heterocycles. The quantitative estimate of drug-likeness (QED) is 0.724. The normalized spacial score (nSPS) is 10.1. The first-order valence-electron chi connectivity index (χ1n) is 4.32. The summed E-state index contributed by atoms with van der Waals surface area (Å²) < 4.78 is 5.28. The van der Waals surface area contributed by atoms with E-state index in [1.165, 1.54) is 0 Å². The summed E-state index contributed by atoms with van der Waals surface area (Å²) in [5, 5.41) is 0. The Hall–Kier alpha value is -1.35. The molecule has 0 saturated carbocycles. The van der Waals surface area contributed by atoms with Gasteiger partial charge in [0.1, 0.15) is 5.75 Å². The third-order valence-corrected chi connectivity index (χ3v) is 2.49. The molecule has 1 N–H and O–H groups in total. The van der Waals surface area contributed by atoms with Crippen LogP contribution in [0.4, 0.5) is 0 Å². The maximum atomic E-state index is 5.28. The predicted octanol–water partition coefficient (Wildman–Crippen LogP) is 2.98. The molecule has 14 heavy (non-hydrogen) atoms. The summed E-state index contributed by atoms with van der Waals surface area (Å²) in [7, 11) is 1.67. The monoisotopic (exact) mass is 205 g/mol. The lowest BCUT2D eigenvalue weighted by Gasteiger charge is -2.06. The standard InChI is InChI=1S/C11H11NOS/c1-13-10-5-3-2-4-8(10)9-6-12-7-11(9)14/h2-7,12,14H,1H3. The lowest BCUT2D eigenvalue weighted by atomic mass is 10.1. The van der Waals surface area contributed by atoms with Crippen LogP contribution in [0.1, 0.15) is 0 Å². The van der Waals surface area contributed by atoms with Gasteiger partial charge >= 0.3 is 0 Å². The van der Waals surface area contributed by atoms with Crippen LogP contribution in [0.5, 0.6) is 5.75 Å². The first kappa shape index (κ1) is 9.21. The first-order chi connectivity index (χ1) is 6.83. The average molecular weight is 205 g/mol. The SMILES string of the molecule is COc1ccccc1-c1c[nH]cc1S. The number of benzene rings is 1. The van der Waals surface area contributed by atoms with E-state index < -0.39 is 0 Å². The van der Waals surface area contributed by atoms with Crippen LogP contribution in [-0.4, -0.2) is 12.1 Å². The molecular formula is C11H11NOS. The molecule has 0 amide bonds. The molecule has 0 fully saturated rings. The second-order valence-corrected chi connectivity index (χ2v) is 3.44. The number of rotatable bonds is 2. The van der Waals surface area contributed by atoms with Crippen molar-refractivity contribution in [2.45, 2.75) is 4.90 Å². The van der Waals surface area contributed by atoms with Gasteiger partial charge in [-0.15, -0.1) is 12.6 Å². The Morgan fingerprint density at radius 3 is 2.57 bits per heavy atom. The third-order valence-electron chi connectivity index (χ3n) is 2.12. The molecule has 3 heteroatoms. The van der Waals surface area contributed by atoms with Gasteiger partial charge in [-0.3, -0.25) is 0 Å². The highest BCUT2D eigenvalue weighted by Gasteiger charge is 2.07. The smallest absolute Gasteiger partial charge is 0.126 e. The zero-order valence-electron chi connectivity index (χ0n) is 7.82. The van der Waals surface area contributed by atoms with E-state index in [1.54, 1.807) is 7.11 Å². The molecule has 0 unspecified atom stereocenters. The minimum atomic E-state index is 0.863. The number of H-pyrrole nitrogens is 1. The zero-order chi connectivity index (χ0) is 9.97. The van der Waals surface area contributed by atoms with Crippen molar-refractivity contribution >= 4 is 12.6 Å². The Balaban J connectivity index is 2.56. The number of thiol groups is 1. The summed E-state index contributed by atoms with van der Waals surface area (Å²) in [5.74, 6) is 0.863. The lowest BCUT2D eigenvalue weighted by molar-refractivity contribution is 0.416. The second-order valence-electron chi connectivity index (χ2n) is 2.95. The number of nitrogens with one attached hydrogen (secondary N) is 1. The Bertz CT molecular complexity index is 436. The fraction of sp³-hybridized carbons (Fsp3) is 0.0909. The van der Waals surface area contributed by atoms with E-state index in [1.807, 2.05) is 36.7 Å². The zero-order valence-corrected chi connectivity index (χ0v) is 8.71. The van der Waals surface area contributed by atoms with Crippen molar-refractivity contribution in [1.29, 1.82) is 0 Å². The Kier molecular flexibility index (Phi) is 2.50. The van der Waals surface area contributed by atoms with E-state index in [0.717, 1.165) is 21.8 Å². The number of hydrogen-bond donors (Lipinski definition) is 2. The predicted molar refractivity (Wildman–Crippen MR) is 60.0 cm³/mol. The van der Waals surface area contributed by atoms with Crippen LogP contribution in [0.3, 0.4) is 0 Å². The summed E-state index contributed by atoms with van der Waals surface area (Å²) in [6.07, 6.45) is 3.77. The van der Waals surface area contributed by atoms with Crippen molar-refractivity contribution < 1.29 is 4.74 Å². The molecule has 0 aliphatic heterocycles. The van der Waals surface area contributed by atoms with Crippen LogP contribution in [0.2, 0.25) is 0 Å². The second kappa shape index (κ2) is 3.80. The van der Waals surface area contributed by atoms with Crippen molar-refractivity contribution in [2.24, 2.45) is 0 Å². The minimum Gasteiger partial charge on any atom is -0.496 e. The van der Waals surface area contributed by atoms with Crippen LogP contribution in [0.25, 0.3) is 11.1 Å². The van der Waals surface area contributed by atoms with E-state index >= 15 is 0 Å². The summed E-state index contributed by atoms with van der Waals surface area (Å²) in [4.78, 5) is 3.94.